The first-order valence-electron chi connectivity index (χ1n) is 7.09. The zero-order chi connectivity index (χ0) is 14.7. The molecule has 20 heavy (non-hydrogen) atoms. The maximum Gasteiger partial charge on any atom is 0.323 e. The Balaban J connectivity index is 2.24. The third-order valence-corrected chi connectivity index (χ3v) is 4.08. The standard InChI is InChI=1S/C16H21NO3/c1-11-6-8-13(9-7-11)17(10-15(18)19)16(20)14-5-3-4-12(14)2/h6-9,12,14H,3-5,10H2,1-2H3,(H,18,19). The number of amides is 1. The number of carbonyl (C=O) groups is 2. The molecule has 0 radical (unpaired) electrons. The van der Waals surface area contributed by atoms with Crippen LogP contribution in [0.25, 0.3) is 0 Å². The number of aliphatic carboxylic acids is 1. The Bertz CT molecular complexity index is 495. The van der Waals surface area contributed by atoms with Crippen LogP contribution in [0.2, 0.25) is 0 Å². The molecule has 1 aromatic carbocycles. The van der Waals surface area contributed by atoms with E-state index in [1.54, 1.807) is 0 Å². The topological polar surface area (TPSA) is 57.6 Å². The van der Waals surface area contributed by atoms with Crippen molar-refractivity contribution in [2.24, 2.45) is 11.8 Å². The van der Waals surface area contributed by atoms with Gasteiger partial charge in [0, 0.05) is 11.6 Å². The Hall–Kier alpha value is -1.84. The van der Waals surface area contributed by atoms with Crippen LogP contribution in [0.5, 0.6) is 0 Å². The van der Waals surface area contributed by atoms with Gasteiger partial charge in [-0.05, 0) is 37.8 Å². The molecule has 0 spiro atoms. The lowest BCUT2D eigenvalue weighted by atomic mass is 9.96. The second kappa shape index (κ2) is 6.07. The summed E-state index contributed by atoms with van der Waals surface area (Å²) in [5, 5.41) is 9.06. The molecule has 1 amide bonds. The fraction of sp³-hybridized carbons (Fsp3) is 0.500. The molecule has 1 aliphatic rings. The van der Waals surface area contributed by atoms with Gasteiger partial charge in [-0.15, -0.1) is 0 Å². The third kappa shape index (κ3) is 3.18. The van der Waals surface area contributed by atoms with Gasteiger partial charge in [0.2, 0.25) is 5.91 Å². The molecule has 4 heteroatoms. The highest BCUT2D eigenvalue weighted by Gasteiger charge is 2.34. The minimum Gasteiger partial charge on any atom is -0.480 e. The van der Waals surface area contributed by atoms with Gasteiger partial charge in [-0.2, -0.15) is 0 Å². The summed E-state index contributed by atoms with van der Waals surface area (Å²) in [7, 11) is 0. The molecule has 1 aliphatic carbocycles. The van der Waals surface area contributed by atoms with Crippen molar-refractivity contribution in [1.82, 2.24) is 0 Å². The molecule has 108 valence electrons. The Morgan fingerprint density at radius 1 is 1.25 bits per heavy atom. The van der Waals surface area contributed by atoms with Gasteiger partial charge in [0.05, 0.1) is 0 Å². The smallest absolute Gasteiger partial charge is 0.323 e. The number of carboxylic acids is 1. The van der Waals surface area contributed by atoms with Crippen molar-refractivity contribution >= 4 is 17.6 Å². The molecule has 1 N–H and O–H groups in total. The summed E-state index contributed by atoms with van der Waals surface area (Å²) in [6.07, 6.45) is 2.96. The third-order valence-electron chi connectivity index (χ3n) is 4.08. The SMILES string of the molecule is Cc1ccc(N(CC(=O)O)C(=O)C2CCCC2C)cc1. The number of anilines is 1. The minimum absolute atomic E-state index is 0.0457. The summed E-state index contributed by atoms with van der Waals surface area (Å²) in [6, 6.07) is 7.43. The maximum atomic E-state index is 12.6. The van der Waals surface area contributed by atoms with Gasteiger partial charge in [0.25, 0.3) is 0 Å². The first-order chi connectivity index (χ1) is 9.49. The second-order valence-corrected chi connectivity index (χ2v) is 5.67. The molecule has 4 nitrogen and oxygen atoms in total. The summed E-state index contributed by atoms with van der Waals surface area (Å²) in [5.41, 5.74) is 1.76. The number of hydrogen-bond acceptors (Lipinski definition) is 2. The highest BCUT2D eigenvalue weighted by molar-refractivity contribution is 5.99. The molecule has 1 saturated carbocycles. The lowest BCUT2D eigenvalue weighted by molar-refractivity contribution is -0.137. The molecule has 0 aliphatic heterocycles. The van der Waals surface area contributed by atoms with E-state index < -0.39 is 5.97 Å². The summed E-state index contributed by atoms with van der Waals surface area (Å²) in [4.78, 5) is 25.1. The number of carboxylic acid groups (broad SMARTS) is 1. The first kappa shape index (κ1) is 14.6. The quantitative estimate of drug-likeness (QED) is 0.919. The van der Waals surface area contributed by atoms with E-state index in [0.29, 0.717) is 11.6 Å². The van der Waals surface area contributed by atoms with Crippen molar-refractivity contribution in [3.63, 3.8) is 0 Å². The Morgan fingerprint density at radius 2 is 1.90 bits per heavy atom. The fourth-order valence-electron chi connectivity index (χ4n) is 2.87. The van der Waals surface area contributed by atoms with Crippen LogP contribution in [0.1, 0.15) is 31.7 Å². The van der Waals surface area contributed by atoms with Crippen molar-refractivity contribution in [3.8, 4) is 0 Å². The number of hydrogen-bond donors (Lipinski definition) is 1. The molecule has 2 rings (SSSR count). The lowest BCUT2D eigenvalue weighted by Crippen LogP contribution is -2.40. The zero-order valence-electron chi connectivity index (χ0n) is 12.0. The van der Waals surface area contributed by atoms with Gasteiger partial charge in [0.1, 0.15) is 6.54 Å². The van der Waals surface area contributed by atoms with Crippen LogP contribution >= 0.6 is 0 Å². The first-order valence-corrected chi connectivity index (χ1v) is 7.09. The average molecular weight is 275 g/mol. The maximum absolute atomic E-state index is 12.6. The molecule has 0 heterocycles. The van der Waals surface area contributed by atoms with Crippen LogP contribution in [-0.4, -0.2) is 23.5 Å². The zero-order valence-corrected chi connectivity index (χ0v) is 12.0. The minimum atomic E-state index is -0.982. The normalized spacial score (nSPS) is 21.7. The van der Waals surface area contributed by atoms with Crippen molar-refractivity contribution in [2.45, 2.75) is 33.1 Å². The van der Waals surface area contributed by atoms with Gasteiger partial charge in [-0.1, -0.05) is 31.0 Å². The Morgan fingerprint density at radius 3 is 2.40 bits per heavy atom. The van der Waals surface area contributed by atoms with Crippen LogP contribution in [0, 0.1) is 18.8 Å². The van der Waals surface area contributed by atoms with Gasteiger partial charge < -0.3 is 10.0 Å². The molecule has 0 bridgehead atoms. The van der Waals surface area contributed by atoms with Gasteiger partial charge >= 0.3 is 5.97 Å². The van der Waals surface area contributed by atoms with Crippen LogP contribution in [0.15, 0.2) is 24.3 Å². The van der Waals surface area contributed by atoms with E-state index in [9.17, 15) is 9.59 Å². The Labute approximate surface area is 119 Å². The molecule has 1 fully saturated rings. The number of nitrogens with zero attached hydrogens (tertiary/aromatic N) is 1. The van der Waals surface area contributed by atoms with E-state index >= 15 is 0 Å². The van der Waals surface area contributed by atoms with E-state index in [-0.39, 0.29) is 18.4 Å². The lowest BCUT2D eigenvalue weighted by Gasteiger charge is -2.26. The van der Waals surface area contributed by atoms with Crippen molar-refractivity contribution in [2.75, 3.05) is 11.4 Å². The number of benzene rings is 1. The predicted octanol–water partition coefficient (Wildman–Crippen LogP) is 2.85. The van der Waals surface area contributed by atoms with Crippen LogP contribution in [0.4, 0.5) is 5.69 Å². The largest absolute Gasteiger partial charge is 0.480 e. The number of carbonyl (C=O) groups excluding carboxylic acids is 1. The highest BCUT2D eigenvalue weighted by Crippen LogP contribution is 2.33. The summed E-state index contributed by atoms with van der Waals surface area (Å²) in [6.45, 7) is 3.76. The van der Waals surface area contributed by atoms with Gasteiger partial charge in [-0.25, -0.2) is 0 Å². The monoisotopic (exact) mass is 275 g/mol. The van der Waals surface area contributed by atoms with E-state index in [2.05, 4.69) is 6.92 Å². The summed E-state index contributed by atoms with van der Waals surface area (Å²) < 4.78 is 0. The van der Waals surface area contributed by atoms with Crippen molar-refractivity contribution < 1.29 is 14.7 Å². The van der Waals surface area contributed by atoms with E-state index in [1.807, 2.05) is 31.2 Å². The highest BCUT2D eigenvalue weighted by atomic mass is 16.4. The van der Waals surface area contributed by atoms with Gasteiger partial charge in [-0.3, -0.25) is 9.59 Å². The van der Waals surface area contributed by atoms with Crippen molar-refractivity contribution in [3.05, 3.63) is 29.8 Å². The predicted molar refractivity (Wildman–Crippen MR) is 77.7 cm³/mol. The molecule has 0 saturated heterocycles. The molecule has 2 atom stereocenters. The molecular weight excluding hydrogens is 254 g/mol. The van der Waals surface area contributed by atoms with E-state index in [4.69, 9.17) is 5.11 Å². The summed E-state index contributed by atoms with van der Waals surface area (Å²) in [5.74, 6) is -0.745. The second-order valence-electron chi connectivity index (χ2n) is 5.67. The Kier molecular flexibility index (Phi) is 4.42. The summed E-state index contributed by atoms with van der Waals surface area (Å²) >= 11 is 0. The average Bonchev–Trinajstić information content (AvgIpc) is 2.82. The molecule has 1 aromatic rings. The fourth-order valence-corrected chi connectivity index (χ4v) is 2.87. The van der Waals surface area contributed by atoms with Crippen molar-refractivity contribution in [1.29, 1.82) is 0 Å². The molecule has 2 unspecified atom stereocenters. The number of rotatable bonds is 4. The molecular formula is C16H21NO3. The van der Waals surface area contributed by atoms with E-state index in [1.165, 1.54) is 4.90 Å². The number of aryl methyl sites for hydroxylation is 1. The van der Waals surface area contributed by atoms with Crippen LogP contribution in [0.3, 0.4) is 0 Å². The van der Waals surface area contributed by atoms with Crippen LogP contribution in [-0.2, 0) is 9.59 Å². The molecule has 0 aromatic heterocycles. The van der Waals surface area contributed by atoms with Gasteiger partial charge in [0.15, 0.2) is 0 Å². The van der Waals surface area contributed by atoms with E-state index in [0.717, 1.165) is 24.8 Å². The van der Waals surface area contributed by atoms with Crippen LogP contribution < -0.4 is 4.90 Å².